The van der Waals surface area contributed by atoms with Gasteiger partial charge < -0.3 is 14.3 Å². The zero-order valence-corrected chi connectivity index (χ0v) is 24.2. The highest BCUT2D eigenvalue weighted by molar-refractivity contribution is 5.92. The molecule has 0 aromatic rings. The molecule has 2 spiro atoms. The number of esters is 2. The largest absolute Gasteiger partial charge is 0.462 e. The maximum Gasteiger partial charge on any atom is 0.334 e. The third-order valence-electron chi connectivity index (χ3n) is 12.0. The Morgan fingerprint density at radius 1 is 1.03 bits per heavy atom. The third-order valence-corrected chi connectivity index (χ3v) is 12.0. The van der Waals surface area contributed by atoms with E-state index in [-0.39, 0.29) is 64.6 Å². The predicted octanol–water partition coefficient (Wildman–Crippen LogP) is 4.66. The number of carbonyl (C=O) groups is 3. The summed E-state index contributed by atoms with van der Waals surface area (Å²) in [7, 11) is 0. The molecule has 0 aromatic carbocycles. The van der Waals surface area contributed by atoms with Gasteiger partial charge in [-0.1, -0.05) is 46.4 Å². The second kappa shape index (κ2) is 9.15. The Labute approximate surface area is 231 Å². The van der Waals surface area contributed by atoms with E-state index in [4.69, 9.17) is 14.3 Å². The predicted molar refractivity (Wildman–Crippen MR) is 144 cm³/mol. The number of ether oxygens (including phenoxy) is 2. The Balaban J connectivity index is 1.54. The van der Waals surface area contributed by atoms with Crippen LogP contribution in [0.4, 0.5) is 0 Å². The van der Waals surface area contributed by atoms with Crippen LogP contribution in [0.5, 0.6) is 0 Å². The van der Waals surface area contributed by atoms with Gasteiger partial charge in [-0.25, -0.2) is 4.79 Å². The number of carbonyl (C=O) groups excluding carboxylic acids is 3. The highest BCUT2D eigenvalue weighted by Gasteiger charge is 2.86. The number of hydrogen-bond donors (Lipinski definition) is 0. The number of oxime groups is 1. The first kappa shape index (κ1) is 27.0. The van der Waals surface area contributed by atoms with Crippen molar-refractivity contribution in [1.82, 2.24) is 4.90 Å². The van der Waals surface area contributed by atoms with Gasteiger partial charge >= 0.3 is 17.9 Å². The van der Waals surface area contributed by atoms with Gasteiger partial charge in [-0.05, 0) is 67.4 Å². The number of likely N-dealkylation sites (tertiary alicyclic amines) is 1. The lowest BCUT2D eigenvalue weighted by molar-refractivity contribution is -0.222. The zero-order chi connectivity index (χ0) is 27.9. The van der Waals surface area contributed by atoms with Crippen molar-refractivity contribution < 1.29 is 28.7 Å². The van der Waals surface area contributed by atoms with Crippen molar-refractivity contribution >= 4 is 23.6 Å². The van der Waals surface area contributed by atoms with Crippen LogP contribution in [-0.2, 0) is 28.7 Å². The van der Waals surface area contributed by atoms with Crippen LogP contribution in [-0.4, -0.2) is 59.9 Å². The highest BCUT2D eigenvalue weighted by atomic mass is 16.7. The van der Waals surface area contributed by atoms with Crippen LogP contribution in [0.3, 0.4) is 0 Å². The van der Waals surface area contributed by atoms with Crippen LogP contribution in [0.2, 0.25) is 0 Å². The van der Waals surface area contributed by atoms with Gasteiger partial charge in [0.2, 0.25) is 0 Å². The topological polar surface area (TPSA) is 94.5 Å². The van der Waals surface area contributed by atoms with Crippen molar-refractivity contribution in [2.75, 3.05) is 13.1 Å². The maximum atomic E-state index is 12.9. The summed E-state index contributed by atoms with van der Waals surface area (Å²) in [4.78, 5) is 45.9. The minimum atomic E-state index is -0.408. The van der Waals surface area contributed by atoms with Crippen LogP contribution in [0, 0.1) is 39.9 Å². The number of fused-ring (bicyclic) bond motifs is 1. The quantitative estimate of drug-likeness (QED) is 0.201. The normalized spacial score (nSPS) is 46.2. The van der Waals surface area contributed by atoms with E-state index in [1.54, 1.807) is 6.92 Å². The summed E-state index contributed by atoms with van der Waals surface area (Å²) in [5.41, 5.74) is 1.29. The molecule has 5 aliphatic carbocycles. The van der Waals surface area contributed by atoms with Gasteiger partial charge in [-0.15, -0.1) is 0 Å². The molecule has 0 amide bonds. The zero-order valence-electron chi connectivity index (χ0n) is 24.2. The molecule has 0 unspecified atom stereocenters. The van der Waals surface area contributed by atoms with Crippen LogP contribution >= 0.6 is 0 Å². The van der Waals surface area contributed by atoms with E-state index in [0.29, 0.717) is 31.1 Å². The first-order valence-electron chi connectivity index (χ1n) is 15.2. The molecule has 1 saturated heterocycles. The first-order chi connectivity index (χ1) is 18.6. The van der Waals surface area contributed by atoms with Crippen LogP contribution in [0.25, 0.3) is 0 Å². The summed E-state index contributed by atoms with van der Waals surface area (Å²) in [6, 6.07) is 0.243. The molecule has 0 N–H and O–H groups in total. The second-order valence-electron chi connectivity index (χ2n) is 13.3. The van der Waals surface area contributed by atoms with Crippen molar-refractivity contribution in [1.29, 1.82) is 0 Å². The van der Waals surface area contributed by atoms with Crippen molar-refractivity contribution in [3.63, 3.8) is 0 Å². The lowest BCUT2D eigenvalue weighted by atomic mass is 9.43. The fraction of sp³-hybridized carbons (Fsp3) is 0.806. The summed E-state index contributed by atoms with van der Waals surface area (Å²) in [5.74, 6) is 0.00517. The molecular weight excluding hydrogens is 496 g/mol. The molecule has 214 valence electrons. The van der Waals surface area contributed by atoms with Crippen LogP contribution in [0.15, 0.2) is 17.3 Å². The molecule has 0 aromatic heterocycles. The highest BCUT2D eigenvalue weighted by Crippen LogP contribution is 2.83. The summed E-state index contributed by atoms with van der Waals surface area (Å²) >= 11 is 0. The average molecular weight is 541 g/mol. The SMILES string of the molecule is C=C1[C@H]2C[C@@]3([C@@H]1OC(=O)CC)[C@@H](C/C2=N/OC(=O)CC)[C@@]12[C@@H](OC(=O)CC)CC[C@@]4(C)CN(CC)[C@H]1[C@@H]3C[C@H]42. The first-order valence-corrected chi connectivity index (χ1v) is 15.2. The van der Waals surface area contributed by atoms with Crippen molar-refractivity contribution in [2.24, 2.45) is 45.1 Å². The van der Waals surface area contributed by atoms with E-state index in [1.807, 2.05) is 13.8 Å². The summed E-state index contributed by atoms with van der Waals surface area (Å²) in [6.07, 6.45) is 4.71. The van der Waals surface area contributed by atoms with Crippen molar-refractivity contribution in [3.05, 3.63) is 12.2 Å². The third kappa shape index (κ3) is 3.33. The molecule has 6 fully saturated rings. The molecule has 0 radical (unpaired) electrons. The Bertz CT molecular complexity index is 1130. The van der Waals surface area contributed by atoms with E-state index >= 15 is 0 Å². The Morgan fingerprint density at radius 3 is 2.38 bits per heavy atom. The van der Waals surface area contributed by atoms with Gasteiger partial charge in [0.05, 0.1) is 5.71 Å². The Kier molecular flexibility index (Phi) is 6.33. The smallest absolute Gasteiger partial charge is 0.334 e. The van der Waals surface area contributed by atoms with E-state index in [1.165, 1.54) is 0 Å². The number of hydrogen-bond acceptors (Lipinski definition) is 8. The molecule has 1 heterocycles. The maximum absolute atomic E-state index is 12.9. The van der Waals surface area contributed by atoms with Crippen LogP contribution in [0.1, 0.15) is 86.0 Å². The standard InChI is InChI=1S/C31H44N2O6/c1-7-24(34)37-23-11-12-29(6)16-33(10-4)27-19-13-21(29)31(23,27)22-14-20(32-39-26(36)9-3)18-15-30(19,22)28(17(18)5)38-25(35)8-2/h18-19,21-23,27-28H,5,7-16H2,1-4,6H3/b32-20-/t18-,19+,21-,22-,23+,27+,28-,29+,30+,31+/m1/s1. The Morgan fingerprint density at radius 2 is 1.72 bits per heavy atom. The molecule has 6 aliphatic rings. The number of piperidine rings is 1. The lowest BCUT2D eigenvalue weighted by Crippen LogP contribution is -2.69. The van der Waals surface area contributed by atoms with Gasteiger partial charge in [-0.2, -0.15) is 0 Å². The molecule has 8 heteroatoms. The minimum Gasteiger partial charge on any atom is -0.462 e. The lowest BCUT2D eigenvalue weighted by Gasteiger charge is -2.65. The van der Waals surface area contributed by atoms with E-state index in [2.05, 4.69) is 30.5 Å². The second-order valence-corrected chi connectivity index (χ2v) is 13.3. The molecule has 10 atom stereocenters. The fourth-order valence-corrected chi connectivity index (χ4v) is 10.8. The Hall–Kier alpha value is -2.22. The van der Waals surface area contributed by atoms with Gasteiger partial charge in [0.25, 0.3) is 0 Å². The molecule has 39 heavy (non-hydrogen) atoms. The fourth-order valence-electron chi connectivity index (χ4n) is 10.8. The van der Waals surface area contributed by atoms with Gasteiger partial charge in [0, 0.05) is 48.6 Å². The van der Waals surface area contributed by atoms with Gasteiger partial charge in [0.1, 0.15) is 12.2 Å². The average Bonchev–Trinajstić information content (AvgIpc) is 3.46. The monoisotopic (exact) mass is 540 g/mol. The molecule has 7 bridgehead atoms. The molecular formula is C31H44N2O6. The van der Waals surface area contributed by atoms with Gasteiger partial charge in [0.15, 0.2) is 0 Å². The van der Waals surface area contributed by atoms with E-state index in [0.717, 1.165) is 50.1 Å². The van der Waals surface area contributed by atoms with Crippen LogP contribution < -0.4 is 0 Å². The van der Waals surface area contributed by atoms with E-state index < -0.39 is 6.10 Å². The van der Waals surface area contributed by atoms with Crippen molar-refractivity contribution in [2.45, 2.75) is 104 Å². The molecule has 5 saturated carbocycles. The summed E-state index contributed by atoms with van der Waals surface area (Å²) in [5, 5.41) is 4.46. The van der Waals surface area contributed by atoms with Crippen molar-refractivity contribution in [3.8, 4) is 0 Å². The number of rotatable bonds is 7. The minimum absolute atomic E-state index is 0.0853. The molecule has 1 aliphatic heterocycles. The summed E-state index contributed by atoms with van der Waals surface area (Å²) in [6.45, 7) is 16.6. The molecule has 8 nitrogen and oxygen atoms in total. The number of nitrogens with zero attached hydrogens (tertiary/aromatic N) is 2. The van der Waals surface area contributed by atoms with Gasteiger partial charge in [-0.3, -0.25) is 14.5 Å². The van der Waals surface area contributed by atoms with E-state index in [9.17, 15) is 14.4 Å². The molecule has 6 rings (SSSR count). The summed E-state index contributed by atoms with van der Waals surface area (Å²) < 4.78 is 12.7.